The number of hydrogen-bond donors (Lipinski definition) is 2. The SMILES string of the molecule is CCS(=O)(=O)c1ccc(Cl)cc1CNC(=O)c1cc(C)c(CN2CCC[C@H](NC)C2)c(Cl)c1. The van der Waals surface area contributed by atoms with Crippen molar-refractivity contribution in [3.05, 3.63) is 62.6 Å². The first-order chi connectivity index (χ1) is 15.6. The fraction of sp³-hybridized carbons (Fsp3) is 0.458. The van der Waals surface area contributed by atoms with E-state index in [1.807, 2.05) is 20.0 Å². The molecule has 1 aliphatic rings. The molecule has 2 N–H and O–H groups in total. The van der Waals surface area contributed by atoms with E-state index in [2.05, 4.69) is 15.5 Å². The highest BCUT2D eigenvalue weighted by atomic mass is 35.5. The van der Waals surface area contributed by atoms with Gasteiger partial charge in [0.2, 0.25) is 0 Å². The molecule has 1 aliphatic heterocycles. The first kappa shape index (κ1) is 26.0. The number of likely N-dealkylation sites (N-methyl/N-ethyl adjacent to an activating group) is 1. The Kier molecular flexibility index (Phi) is 8.81. The highest BCUT2D eigenvalue weighted by Gasteiger charge is 2.21. The lowest BCUT2D eigenvalue weighted by molar-refractivity contribution is 0.0950. The summed E-state index contributed by atoms with van der Waals surface area (Å²) in [6.45, 7) is 6.33. The normalized spacial score (nSPS) is 17.2. The van der Waals surface area contributed by atoms with Crippen LogP contribution in [0.5, 0.6) is 0 Å². The summed E-state index contributed by atoms with van der Waals surface area (Å²) in [5, 5.41) is 7.13. The van der Waals surface area contributed by atoms with Crippen molar-refractivity contribution in [2.24, 2.45) is 0 Å². The highest BCUT2D eigenvalue weighted by molar-refractivity contribution is 7.91. The summed E-state index contributed by atoms with van der Waals surface area (Å²) in [7, 11) is -1.45. The van der Waals surface area contributed by atoms with Gasteiger partial charge in [-0.2, -0.15) is 0 Å². The van der Waals surface area contributed by atoms with Crippen LogP contribution in [0, 0.1) is 6.92 Å². The van der Waals surface area contributed by atoms with E-state index in [1.54, 1.807) is 25.1 Å². The van der Waals surface area contributed by atoms with Gasteiger partial charge in [-0.1, -0.05) is 30.1 Å². The fourth-order valence-electron chi connectivity index (χ4n) is 4.19. The third-order valence-electron chi connectivity index (χ3n) is 6.15. The minimum atomic E-state index is -3.44. The summed E-state index contributed by atoms with van der Waals surface area (Å²) in [6, 6.07) is 8.59. The topological polar surface area (TPSA) is 78.5 Å². The number of piperidine rings is 1. The molecule has 1 heterocycles. The minimum absolute atomic E-state index is 0.0298. The third kappa shape index (κ3) is 6.49. The number of aryl methyl sites for hydroxylation is 1. The number of likely N-dealkylation sites (tertiary alicyclic amines) is 1. The van der Waals surface area contributed by atoms with Crippen molar-refractivity contribution in [1.29, 1.82) is 0 Å². The maximum Gasteiger partial charge on any atom is 0.251 e. The zero-order valence-corrected chi connectivity index (χ0v) is 21.6. The lowest BCUT2D eigenvalue weighted by atomic mass is 10.0. The summed E-state index contributed by atoms with van der Waals surface area (Å²) in [4.78, 5) is 15.4. The van der Waals surface area contributed by atoms with Gasteiger partial charge in [0.1, 0.15) is 0 Å². The molecule has 9 heteroatoms. The number of halogens is 2. The summed E-state index contributed by atoms with van der Waals surface area (Å²) < 4.78 is 24.8. The minimum Gasteiger partial charge on any atom is -0.348 e. The van der Waals surface area contributed by atoms with Gasteiger partial charge in [-0.05, 0) is 80.4 Å². The Balaban J connectivity index is 1.74. The Morgan fingerprint density at radius 1 is 1.21 bits per heavy atom. The smallest absolute Gasteiger partial charge is 0.251 e. The largest absolute Gasteiger partial charge is 0.348 e. The number of rotatable bonds is 8. The molecule has 0 saturated carbocycles. The number of nitrogens with one attached hydrogen (secondary N) is 2. The molecule has 0 unspecified atom stereocenters. The third-order valence-corrected chi connectivity index (χ3v) is 8.55. The van der Waals surface area contributed by atoms with Crippen molar-refractivity contribution in [1.82, 2.24) is 15.5 Å². The molecule has 2 aromatic carbocycles. The van der Waals surface area contributed by atoms with Crippen LogP contribution in [0.15, 0.2) is 35.2 Å². The number of hydrogen-bond acceptors (Lipinski definition) is 5. The van der Waals surface area contributed by atoms with Gasteiger partial charge in [0.25, 0.3) is 5.91 Å². The zero-order chi connectivity index (χ0) is 24.2. The first-order valence-corrected chi connectivity index (χ1v) is 13.5. The van der Waals surface area contributed by atoms with Gasteiger partial charge in [-0.3, -0.25) is 9.69 Å². The van der Waals surface area contributed by atoms with Crippen LogP contribution < -0.4 is 10.6 Å². The molecule has 6 nitrogen and oxygen atoms in total. The molecular formula is C24H31Cl2N3O3S. The monoisotopic (exact) mass is 511 g/mol. The Morgan fingerprint density at radius 2 is 1.97 bits per heavy atom. The molecule has 1 fully saturated rings. The van der Waals surface area contributed by atoms with Crippen LogP contribution in [0.1, 0.15) is 46.8 Å². The Hall–Kier alpha value is -1.64. The van der Waals surface area contributed by atoms with Gasteiger partial charge >= 0.3 is 0 Å². The maximum atomic E-state index is 12.9. The van der Waals surface area contributed by atoms with E-state index in [4.69, 9.17) is 23.2 Å². The summed E-state index contributed by atoms with van der Waals surface area (Å²) in [5.74, 6) is -0.350. The molecule has 180 valence electrons. The second kappa shape index (κ2) is 11.2. The summed E-state index contributed by atoms with van der Waals surface area (Å²) in [6.07, 6.45) is 2.31. The summed E-state index contributed by atoms with van der Waals surface area (Å²) in [5.41, 5.74) is 2.88. The number of nitrogens with zero attached hydrogens (tertiary/aromatic N) is 1. The maximum absolute atomic E-state index is 12.9. The summed E-state index contributed by atoms with van der Waals surface area (Å²) >= 11 is 12.7. The standard InChI is InChI=1S/C24H31Cl2N3O3S/c1-4-33(31,32)23-8-7-19(25)11-18(23)13-28-24(30)17-10-16(2)21(22(26)12-17)15-29-9-5-6-20(14-29)27-3/h7-8,10-12,20,27H,4-6,9,13-15H2,1-3H3,(H,28,30)/t20-/m0/s1. The molecule has 0 spiro atoms. The van der Waals surface area contributed by atoms with Crippen LogP contribution in [0.2, 0.25) is 10.0 Å². The molecule has 0 aromatic heterocycles. The van der Waals surface area contributed by atoms with Crippen molar-refractivity contribution in [2.45, 2.75) is 50.7 Å². The van der Waals surface area contributed by atoms with E-state index in [-0.39, 0.29) is 23.1 Å². The Morgan fingerprint density at radius 3 is 2.64 bits per heavy atom. The molecule has 2 aromatic rings. The molecule has 3 rings (SSSR count). The zero-order valence-electron chi connectivity index (χ0n) is 19.2. The lowest BCUT2D eigenvalue weighted by Gasteiger charge is -2.33. The van der Waals surface area contributed by atoms with Crippen molar-refractivity contribution in [2.75, 3.05) is 25.9 Å². The van der Waals surface area contributed by atoms with Crippen LogP contribution in [0.3, 0.4) is 0 Å². The molecule has 1 amide bonds. The van der Waals surface area contributed by atoms with Crippen LogP contribution >= 0.6 is 23.2 Å². The fourth-order valence-corrected chi connectivity index (χ4v) is 5.82. The molecule has 0 radical (unpaired) electrons. The Bertz CT molecular complexity index is 1100. The van der Waals surface area contributed by atoms with Gasteiger partial charge in [0.05, 0.1) is 10.6 Å². The number of benzene rings is 2. The molecular weight excluding hydrogens is 481 g/mol. The predicted molar refractivity (Wildman–Crippen MR) is 134 cm³/mol. The van der Waals surface area contributed by atoms with Crippen LogP contribution in [0.4, 0.5) is 0 Å². The van der Waals surface area contributed by atoms with Crippen LogP contribution in [0.25, 0.3) is 0 Å². The molecule has 1 atom stereocenters. The molecule has 0 aliphatic carbocycles. The lowest BCUT2D eigenvalue weighted by Crippen LogP contribution is -2.44. The quantitative estimate of drug-likeness (QED) is 0.554. The van der Waals surface area contributed by atoms with Gasteiger partial charge < -0.3 is 10.6 Å². The number of sulfone groups is 1. The predicted octanol–water partition coefficient (Wildman–Crippen LogP) is 4.21. The van der Waals surface area contributed by atoms with Gasteiger partial charge in [0.15, 0.2) is 9.84 Å². The van der Waals surface area contributed by atoms with Crippen molar-refractivity contribution in [3.63, 3.8) is 0 Å². The molecule has 0 bridgehead atoms. The van der Waals surface area contributed by atoms with E-state index >= 15 is 0 Å². The van der Waals surface area contributed by atoms with Gasteiger partial charge in [-0.15, -0.1) is 0 Å². The number of carbonyl (C=O) groups excluding carboxylic acids is 1. The van der Waals surface area contributed by atoms with Crippen LogP contribution in [-0.4, -0.2) is 51.2 Å². The van der Waals surface area contributed by atoms with Crippen molar-refractivity contribution in [3.8, 4) is 0 Å². The van der Waals surface area contributed by atoms with Gasteiger partial charge in [-0.25, -0.2) is 8.42 Å². The first-order valence-electron chi connectivity index (χ1n) is 11.1. The van der Waals surface area contributed by atoms with E-state index in [1.165, 1.54) is 12.5 Å². The van der Waals surface area contributed by atoms with E-state index in [9.17, 15) is 13.2 Å². The van der Waals surface area contributed by atoms with E-state index in [0.29, 0.717) is 27.2 Å². The number of carbonyl (C=O) groups is 1. The second-order valence-corrected chi connectivity index (χ2v) is 11.5. The number of amides is 1. The second-order valence-electron chi connectivity index (χ2n) is 8.45. The van der Waals surface area contributed by atoms with Gasteiger partial charge in [0, 0.05) is 41.3 Å². The Labute approximate surface area is 206 Å². The van der Waals surface area contributed by atoms with Crippen molar-refractivity contribution >= 4 is 38.9 Å². The van der Waals surface area contributed by atoms with Crippen LogP contribution in [-0.2, 0) is 22.9 Å². The van der Waals surface area contributed by atoms with E-state index < -0.39 is 9.84 Å². The van der Waals surface area contributed by atoms with Crippen molar-refractivity contribution < 1.29 is 13.2 Å². The molecule has 33 heavy (non-hydrogen) atoms. The average molecular weight is 513 g/mol. The molecule has 1 saturated heterocycles. The highest BCUT2D eigenvalue weighted by Crippen LogP contribution is 2.26. The average Bonchev–Trinajstić information content (AvgIpc) is 2.79. The van der Waals surface area contributed by atoms with E-state index in [0.717, 1.165) is 37.2 Å².